The van der Waals surface area contributed by atoms with Gasteiger partial charge in [-0.2, -0.15) is 0 Å². The van der Waals surface area contributed by atoms with Gasteiger partial charge >= 0.3 is 0 Å². The largest absolute Gasteiger partial charge is 0.380 e. The van der Waals surface area contributed by atoms with Crippen molar-refractivity contribution in [3.63, 3.8) is 0 Å². The molecule has 846 valence electrons. The molecule has 0 saturated carbocycles. The summed E-state index contributed by atoms with van der Waals surface area (Å²) < 4.78 is 44.2. The van der Waals surface area contributed by atoms with E-state index in [-0.39, 0.29) is 76.8 Å². The minimum Gasteiger partial charge on any atom is -0.380 e. The van der Waals surface area contributed by atoms with E-state index in [0.717, 1.165) is 388 Å². The molecule has 0 unspecified atom stereocenters. The number of nitrogens with zero attached hydrogens (tertiary/aromatic N) is 16. The SMILES string of the molecule is O=C1CCCCN1CCCCOCN1CCCCC1=O.O=C1CCCCN1CCCOCCN1CCCCC1=O.O=C1CCCCN1CCCOCN1CCCCC1=O.O=C1CCCCN1CCOCN1CCCCC1=O.O=C1CCCN1CCCCOCCN1CCCC1=O.O=C1CCCN1CCCCOCN1CCCC1=O.O=C1CCCN1CCCOCCN1CCCC1=O.O=C1CCCN1CCCOCN1CCCC1=O. The zero-order valence-corrected chi connectivity index (χ0v) is 90.7. The number of amides is 16. The molecule has 0 bridgehead atoms. The number of carbonyl (C=O) groups excluding carboxylic acids is 16. The van der Waals surface area contributed by atoms with E-state index in [0.29, 0.717) is 233 Å². The van der Waals surface area contributed by atoms with E-state index in [9.17, 15) is 76.7 Å². The van der Waals surface area contributed by atoms with Crippen LogP contribution in [0, 0.1) is 0 Å². The van der Waals surface area contributed by atoms with E-state index in [1.54, 1.807) is 24.5 Å². The van der Waals surface area contributed by atoms with Crippen LogP contribution in [0.5, 0.6) is 0 Å². The van der Waals surface area contributed by atoms with Gasteiger partial charge in [-0.25, -0.2) is 0 Å². The fourth-order valence-electron chi connectivity index (χ4n) is 20.6. The molecule has 16 saturated heterocycles. The van der Waals surface area contributed by atoms with Gasteiger partial charge in [0.2, 0.25) is 94.5 Å². The fraction of sp³-hybridized carbons (Fsp3) is 0.853. The first-order valence-corrected chi connectivity index (χ1v) is 57.7. The first kappa shape index (κ1) is 124. The van der Waals surface area contributed by atoms with Crippen LogP contribution in [-0.4, -0.2) is 456 Å². The molecule has 16 fully saturated rings. The Hall–Kier alpha value is -8.80. The third-order valence-corrected chi connectivity index (χ3v) is 29.8. The monoisotopic (exact) mass is 2100 g/mol. The van der Waals surface area contributed by atoms with Crippen LogP contribution in [0.2, 0.25) is 0 Å². The van der Waals surface area contributed by atoms with Gasteiger partial charge in [-0.05, 0) is 218 Å². The molecule has 40 heteroatoms. The first-order chi connectivity index (χ1) is 72.7. The van der Waals surface area contributed by atoms with Gasteiger partial charge in [0.15, 0.2) is 0 Å². The van der Waals surface area contributed by atoms with Crippen molar-refractivity contribution in [1.29, 1.82) is 0 Å². The average Bonchev–Trinajstić information content (AvgIpc) is 1.46. The number of unbranched alkanes of at least 4 members (excludes halogenated alkanes) is 3. The molecule has 0 radical (unpaired) electrons. The van der Waals surface area contributed by atoms with Crippen LogP contribution in [0.3, 0.4) is 0 Å². The van der Waals surface area contributed by atoms with Crippen molar-refractivity contribution in [2.45, 2.75) is 321 Å². The van der Waals surface area contributed by atoms with Gasteiger partial charge in [-0.15, -0.1) is 0 Å². The van der Waals surface area contributed by atoms with Crippen molar-refractivity contribution in [1.82, 2.24) is 78.4 Å². The lowest BCUT2D eigenvalue weighted by atomic mass is 10.1. The van der Waals surface area contributed by atoms with E-state index in [4.69, 9.17) is 37.9 Å². The molecule has 16 rings (SSSR count). The standard InChI is InChI=1S/2C15H26N2O3.2C14H24N2O3.3C13H22N2O3.C12H20N2O3/c18-14-7-1-3-9-16(14)10-5-6-12-20-13-17-11-4-2-8-15(17)19;18-14-6-1-3-8-16(14)10-5-12-20-13-11-17-9-4-2-7-15(17)19;17-13-6-1-3-8-15(13)10-5-11-19-12-16-9-4-2-7-14(16)18;17-13-5-3-8-15(13)7-1-2-11-19-12-10-16-9-4-6-14(16)18;16-12-4-1-6-14(12)8-3-10-18-11-9-15-7-2-5-13(15)17;16-12-5-1-3-7-14(12)9-10-18-11-15-8-4-2-6-13(15)17;16-12-5-3-8-14(12)7-1-2-10-18-11-15-9-4-6-13(15)17;15-11-4-1-6-13(11)8-3-9-17-10-14-7-2-5-12(14)16/h2*1-13H2;2*1-12H2;3*1-11H2;1-10H2. The molecule has 0 N–H and O–H groups in total. The highest BCUT2D eigenvalue weighted by atomic mass is 16.5. The number of piperidine rings is 8. The Bertz CT molecular complexity index is 3620. The summed E-state index contributed by atoms with van der Waals surface area (Å²) in [7, 11) is 0. The Labute approximate surface area is 887 Å². The van der Waals surface area contributed by atoms with Crippen molar-refractivity contribution < 1.29 is 115 Å². The van der Waals surface area contributed by atoms with E-state index in [1.807, 2.05) is 53.9 Å². The van der Waals surface area contributed by atoms with Crippen LogP contribution >= 0.6 is 0 Å². The highest BCUT2D eigenvalue weighted by Gasteiger charge is 2.31. The number of hydrogen-bond donors (Lipinski definition) is 0. The van der Waals surface area contributed by atoms with Gasteiger partial charge in [0, 0.05) is 312 Å². The Morgan fingerprint density at radius 2 is 0.235 bits per heavy atom. The van der Waals surface area contributed by atoms with Gasteiger partial charge in [0.1, 0.15) is 33.7 Å². The van der Waals surface area contributed by atoms with Crippen molar-refractivity contribution in [2.24, 2.45) is 0 Å². The molecule has 0 atom stereocenters. The molecule has 0 aliphatic carbocycles. The molecule has 149 heavy (non-hydrogen) atoms. The topological polar surface area (TPSA) is 399 Å². The zero-order chi connectivity index (χ0) is 106. The van der Waals surface area contributed by atoms with Crippen LogP contribution in [-0.2, 0) is 115 Å². The maximum Gasteiger partial charge on any atom is 0.224 e. The lowest BCUT2D eigenvalue weighted by Crippen LogP contribution is -2.40. The number of rotatable bonds is 53. The summed E-state index contributed by atoms with van der Waals surface area (Å²) in [6, 6.07) is 0. The van der Waals surface area contributed by atoms with E-state index < -0.39 is 0 Å². The molecular weight excluding hydrogens is 1920 g/mol. The van der Waals surface area contributed by atoms with E-state index in [1.165, 1.54) is 0 Å². The van der Waals surface area contributed by atoms with Gasteiger partial charge < -0.3 is 116 Å². The summed E-state index contributed by atoms with van der Waals surface area (Å²) in [6.07, 6.45) is 45.2. The average molecular weight is 2100 g/mol. The summed E-state index contributed by atoms with van der Waals surface area (Å²) in [6.45, 7) is 31.6. The minimum absolute atomic E-state index is 0.190. The molecule has 16 aliphatic heterocycles. The highest BCUT2D eigenvalue weighted by molar-refractivity contribution is 5.83. The van der Waals surface area contributed by atoms with Gasteiger partial charge in [-0.3, -0.25) is 76.7 Å². The quantitative estimate of drug-likeness (QED) is 0.0513. The van der Waals surface area contributed by atoms with E-state index in [2.05, 4.69) is 0 Å². The Balaban J connectivity index is 0.000000189. The minimum atomic E-state index is 0.190. The van der Waals surface area contributed by atoms with Crippen molar-refractivity contribution in [3.05, 3.63) is 0 Å². The number of hydrogen-bond acceptors (Lipinski definition) is 24. The summed E-state index contributed by atoms with van der Waals surface area (Å²) in [5, 5.41) is 0. The second-order valence-corrected chi connectivity index (χ2v) is 41.5. The maximum atomic E-state index is 11.6. The zero-order valence-electron chi connectivity index (χ0n) is 90.7. The summed E-state index contributed by atoms with van der Waals surface area (Å²) >= 11 is 0. The number of ether oxygens (including phenoxy) is 8. The molecule has 16 amide bonds. The van der Waals surface area contributed by atoms with Crippen molar-refractivity contribution in [3.8, 4) is 0 Å². The lowest BCUT2D eigenvalue weighted by molar-refractivity contribution is -0.141. The van der Waals surface area contributed by atoms with Crippen LogP contribution in [0.25, 0.3) is 0 Å². The summed E-state index contributed by atoms with van der Waals surface area (Å²) in [5.74, 6) is 4.02. The molecule has 16 aliphatic rings. The maximum absolute atomic E-state index is 11.6. The second-order valence-electron chi connectivity index (χ2n) is 41.5. The third-order valence-electron chi connectivity index (χ3n) is 29.8. The van der Waals surface area contributed by atoms with Gasteiger partial charge in [-0.1, -0.05) is 0 Å². The smallest absolute Gasteiger partial charge is 0.224 e. The Kier molecular flexibility index (Phi) is 62.3. The van der Waals surface area contributed by atoms with Crippen LogP contribution < -0.4 is 0 Å². The van der Waals surface area contributed by atoms with Crippen LogP contribution in [0.1, 0.15) is 321 Å². The number of likely N-dealkylation sites (tertiary alicyclic amines) is 16. The highest BCUT2D eigenvalue weighted by Crippen LogP contribution is 2.23. The molecule has 0 aromatic carbocycles. The fourth-order valence-corrected chi connectivity index (χ4v) is 20.6. The molecule has 16 heterocycles. The van der Waals surface area contributed by atoms with Crippen molar-refractivity contribution >= 4 is 94.5 Å². The summed E-state index contributed by atoms with van der Waals surface area (Å²) in [4.78, 5) is 213. The molecule has 0 spiro atoms. The van der Waals surface area contributed by atoms with Gasteiger partial charge in [0.05, 0.1) is 39.6 Å². The number of carbonyl (C=O) groups is 16. The molecular formula is C109H186N16O24. The Morgan fingerprint density at radius 1 is 0.114 bits per heavy atom. The van der Waals surface area contributed by atoms with Crippen molar-refractivity contribution in [2.75, 3.05) is 283 Å². The van der Waals surface area contributed by atoms with Crippen LogP contribution in [0.15, 0.2) is 0 Å². The van der Waals surface area contributed by atoms with Crippen LogP contribution in [0.4, 0.5) is 0 Å². The Morgan fingerprint density at radius 3 is 0.416 bits per heavy atom. The normalized spacial score (nSPS) is 20.6. The first-order valence-electron chi connectivity index (χ1n) is 57.7. The third kappa shape index (κ3) is 50.3. The predicted molar refractivity (Wildman–Crippen MR) is 558 cm³/mol. The van der Waals surface area contributed by atoms with Gasteiger partial charge in [0.25, 0.3) is 0 Å². The summed E-state index contributed by atoms with van der Waals surface area (Å²) in [5.41, 5.74) is 0. The predicted octanol–water partition coefficient (Wildman–Crippen LogP) is 8.79. The second kappa shape index (κ2) is 75.1. The molecule has 0 aromatic heterocycles. The lowest BCUT2D eigenvalue weighted by Gasteiger charge is -2.28. The molecule has 0 aromatic rings. The molecule has 40 nitrogen and oxygen atoms in total. The van der Waals surface area contributed by atoms with E-state index >= 15 is 0 Å².